The molecule has 0 atom stereocenters. The molecule has 4 nitrogen and oxygen atoms in total. The Bertz CT molecular complexity index is 347. The van der Waals surface area contributed by atoms with Gasteiger partial charge in [0.2, 0.25) is 0 Å². The molecule has 0 bridgehead atoms. The molecule has 4 heteroatoms. The fourth-order valence-electron chi connectivity index (χ4n) is 1.21. The SMILES string of the molecule is COc1cc(C)cc([N+](=O)[O-])c1C. The van der Waals surface area contributed by atoms with Crippen LogP contribution in [0.2, 0.25) is 0 Å². The summed E-state index contributed by atoms with van der Waals surface area (Å²) in [6.07, 6.45) is 0. The molecule has 0 amide bonds. The second kappa shape index (κ2) is 3.43. The van der Waals surface area contributed by atoms with Crippen molar-refractivity contribution in [3.8, 4) is 5.75 Å². The van der Waals surface area contributed by atoms with Gasteiger partial charge in [0.05, 0.1) is 17.6 Å². The number of hydrogen-bond acceptors (Lipinski definition) is 3. The molecule has 0 heterocycles. The number of rotatable bonds is 2. The zero-order valence-corrected chi connectivity index (χ0v) is 7.83. The van der Waals surface area contributed by atoms with E-state index in [1.807, 2.05) is 0 Å². The molecule has 0 aliphatic carbocycles. The number of benzene rings is 1. The Morgan fingerprint density at radius 2 is 2.00 bits per heavy atom. The monoisotopic (exact) mass is 181 g/mol. The molecule has 0 aliphatic heterocycles. The van der Waals surface area contributed by atoms with Crippen LogP contribution in [0.5, 0.6) is 5.75 Å². The van der Waals surface area contributed by atoms with Crippen molar-refractivity contribution in [3.05, 3.63) is 33.4 Å². The van der Waals surface area contributed by atoms with Crippen LogP contribution in [0.3, 0.4) is 0 Å². The Morgan fingerprint density at radius 1 is 1.38 bits per heavy atom. The topological polar surface area (TPSA) is 52.4 Å². The van der Waals surface area contributed by atoms with Crippen LogP contribution >= 0.6 is 0 Å². The number of methoxy groups -OCH3 is 1. The average molecular weight is 181 g/mol. The van der Waals surface area contributed by atoms with Gasteiger partial charge in [-0.3, -0.25) is 10.1 Å². The lowest BCUT2D eigenvalue weighted by atomic mass is 10.1. The lowest BCUT2D eigenvalue weighted by Gasteiger charge is -2.05. The van der Waals surface area contributed by atoms with Gasteiger partial charge in [0.15, 0.2) is 0 Å². The molecule has 13 heavy (non-hydrogen) atoms. The quantitative estimate of drug-likeness (QED) is 0.519. The minimum Gasteiger partial charge on any atom is -0.496 e. The lowest BCUT2D eigenvalue weighted by molar-refractivity contribution is -0.385. The van der Waals surface area contributed by atoms with E-state index >= 15 is 0 Å². The van der Waals surface area contributed by atoms with Crippen molar-refractivity contribution in [2.45, 2.75) is 13.8 Å². The summed E-state index contributed by atoms with van der Waals surface area (Å²) in [7, 11) is 1.51. The van der Waals surface area contributed by atoms with E-state index in [9.17, 15) is 10.1 Å². The van der Waals surface area contributed by atoms with E-state index in [1.54, 1.807) is 19.9 Å². The number of nitro benzene ring substituents is 1. The van der Waals surface area contributed by atoms with Gasteiger partial charge in [-0.15, -0.1) is 0 Å². The van der Waals surface area contributed by atoms with Crippen LogP contribution in [0.25, 0.3) is 0 Å². The summed E-state index contributed by atoms with van der Waals surface area (Å²) in [5.41, 5.74) is 1.50. The van der Waals surface area contributed by atoms with E-state index < -0.39 is 4.92 Å². The van der Waals surface area contributed by atoms with E-state index in [1.165, 1.54) is 13.2 Å². The normalized spacial score (nSPS) is 9.77. The molecule has 0 N–H and O–H groups in total. The van der Waals surface area contributed by atoms with Crippen LogP contribution in [-0.2, 0) is 0 Å². The van der Waals surface area contributed by atoms with Crippen LogP contribution in [0, 0.1) is 24.0 Å². The van der Waals surface area contributed by atoms with Gasteiger partial charge >= 0.3 is 0 Å². The van der Waals surface area contributed by atoms with Crippen LogP contribution in [0.1, 0.15) is 11.1 Å². The van der Waals surface area contributed by atoms with Gasteiger partial charge in [-0.05, 0) is 25.5 Å². The summed E-state index contributed by atoms with van der Waals surface area (Å²) in [4.78, 5) is 10.2. The van der Waals surface area contributed by atoms with Crippen LogP contribution in [0.4, 0.5) is 5.69 Å². The maximum atomic E-state index is 10.6. The Labute approximate surface area is 76.3 Å². The number of aryl methyl sites for hydroxylation is 1. The molecule has 0 saturated heterocycles. The van der Waals surface area contributed by atoms with E-state index in [-0.39, 0.29) is 5.69 Å². The minimum absolute atomic E-state index is 0.108. The molecular weight excluding hydrogens is 170 g/mol. The fraction of sp³-hybridized carbons (Fsp3) is 0.333. The second-order valence-electron chi connectivity index (χ2n) is 2.87. The number of ether oxygens (including phenoxy) is 1. The van der Waals surface area contributed by atoms with Crippen molar-refractivity contribution in [3.63, 3.8) is 0 Å². The highest BCUT2D eigenvalue weighted by molar-refractivity contribution is 5.51. The fourth-order valence-corrected chi connectivity index (χ4v) is 1.21. The zero-order valence-electron chi connectivity index (χ0n) is 7.83. The van der Waals surface area contributed by atoms with Gasteiger partial charge in [0.25, 0.3) is 5.69 Å². The molecule has 1 aromatic carbocycles. The molecular formula is C9H11NO3. The number of nitrogens with zero attached hydrogens (tertiary/aromatic N) is 1. The average Bonchev–Trinajstić information content (AvgIpc) is 2.08. The first kappa shape index (κ1) is 9.51. The van der Waals surface area contributed by atoms with Crippen LogP contribution in [0.15, 0.2) is 12.1 Å². The standard InChI is InChI=1S/C9H11NO3/c1-6-4-8(10(11)12)7(2)9(5-6)13-3/h4-5H,1-3H3. The largest absolute Gasteiger partial charge is 0.496 e. The van der Waals surface area contributed by atoms with Gasteiger partial charge in [-0.2, -0.15) is 0 Å². The van der Waals surface area contributed by atoms with Crippen molar-refractivity contribution in [1.29, 1.82) is 0 Å². The smallest absolute Gasteiger partial charge is 0.276 e. The molecule has 0 saturated carbocycles. The third-order valence-electron chi connectivity index (χ3n) is 1.89. The number of hydrogen-bond donors (Lipinski definition) is 0. The zero-order chi connectivity index (χ0) is 10.0. The first-order valence-corrected chi connectivity index (χ1v) is 3.86. The highest BCUT2D eigenvalue weighted by Gasteiger charge is 2.14. The third kappa shape index (κ3) is 1.77. The van der Waals surface area contributed by atoms with Crippen molar-refractivity contribution < 1.29 is 9.66 Å². The van der Waals surface area contributed by atoms with Crippen molar-refractivity contribution in [1.82, 2.24) is 0 Å². The van der Waals surface area contributed by atoms with E-state index in [2.05, 4.69) is 0 Å². The first-order chi connectivity index (χ1) is 6.06. The molecule has 0 radical (unpaired) electrons. The highest BCUT2D eigenvalue weighted by Crippen LogP contribution is 2.28. The van der Waals surface area contributed by atoms with E-state index in [0.29, 0.717) is 11.3 Å². The Morgan fingerprint density at radius 3 is 2.46 bits per heavy atom. The van der Waals surface area contributed by atoms with Gasteiger partial charge in [-0.1, -0.05) is 0 Å². The molecule has 0 unspecified atom stereocenters. The molecule has 1 rings (SSSR count). The summed E-state index contributed by atoms with van der Waals surface area (Å²) in [5, 5.41) is 10.6. The Balaban J connectivity index is 3.35. The molecule has 0 fully saturated rings. The van der Waals surface area contributed by atoms with E-state index in [4.69, 9.17) is 4.74 Å². The maximum absolute atomic E-state index is 10.6. The van der Waals surface area contributed by atoms with Gasteiger partial charge in [0.1, 0.15) is 5.75 Å². The predicted octanol–water partition coefficient (Wildman–Crippen LogP) is 2.22. The Kier molecular flexibility index (Phi) is 2.51. The molecule has 70 valence electrons. The molecule has 0 aromatic heterocycles. The minimum atomic E-state index is -0.398. The van der Waals surface area contributed by atoms with Crippen LogP contribution < -0.4 is 4.74 Å². The van der Waals surface area contributed by atoms with E-state index in [0.717, 1.165) is 5.56 Å². The molecule has 0 spiro atoms. The van der Waals surface area contributed by atoms with Gasteiger partial charge in [-0.25, -0.2) is 0 Å². The predicted molar refractivity (Wildman–Crippen MR) is 49.1 cm³/mol. The first-order valence-electron chi connectivity index (χ1n) is 3.86. The summed E-state index contributed by atoms with van der Waals surface area (Å²) >= 11 is 0. The van der Waals surface area contributed by atoms with Crippen molar-refractivity contribution in [2.24, 2.45) is 0 Å². The summed E-state index contributed by atoms with van der Waals surface area (Å²) in [5.74, 6) is 0.562. The van der Waals surface area contributed by atoms with Gasteiger partial charge < -0.3 is 4.74 Å². The second-order valence-corrected chi connectivity index (χ2v) is 2.87. The summed E-state index contributed by atoms with van der Waals surface area (Å²) < 4.78 is 5.01. The Hall–Kier alpha value is -1.58. The van der Waals surface area contributed by atoms with Crippen LogP contribution in [-0.4, -0.2) is 12.0 Å². The maximum Gasteiger partial charge on any atom is 0.276 e. The molecule has 0 aliphatic rings. The molecule has 1 aromatic rings. The van der Waals surface area contributed by atoms with Crippen molar-refractivity contribution >= 4 is 5.69 Å². The third-order valence-corrected chi connectivity index (χ3v) is 1.89. The van der Waals surface area contributed by atoms with Crippen molar-refractivity contribution in [2.75, 3.05) is 7.11 Å². The summed E-state index contributed by atoms with van der Waals surface area (Å²) in [6.45, 7) is 3.48. The van der Waals surface area contributed by atoms with Gasteiger partial charge in [0, 0.05) is 6.07 Å². The lowest BCUT2D eigenvalue weighted by Crippen LogP contribution is -1.96. The summed E-state index contributed by atoms with van der Waals surface area (Å²) in [6, 6.07) is 3.32. The number of nitro groups is 1. The highest BCUT2D eigenvalue weighted by atomic mass is 16.6.